The Morgan fingerprint density at radius 2 is 2.00 bits per heavy atom. The molecule has 3 nitrogen and oxygen atoms in total. The highest BCUT2D eigenvalue weighted by Crippen LogP contribution is 2.16. The van der Waals surface area contributed by atoms with Crippen LogP contribution in [0.5, 0.6) is 0 Å². The van der Waals surface area contributed by atoms with Gasteiger partial charge in [-0.2, -0.15) is 0 Å². The van der Waals surface area contributed by atoms with Crippen molar-refractivity contribution in [1.82, 2.24) is 0 Å². The van der Waals surface area contributed by atoms with Crippen LogP contribution < -0.4 is 0 Å². The molecule has 0 unspecified atom stereocenters. The number of carbonyl (C=O) groups excluding carboxylic acids is 1. The summed E-state index contributed by atoms with van der Waals surface area (Å²) in [6.07, 6.45) is 3.79. The summed E-state index contributed by atoms with van der Waals surface area (Å²) in [5.74, 6) is -0.839. The molecule has 0 aromatic heterocycles. The quantitative estimate of drug-likeness (QED) is 0.544. The number of ether oxygens (including phenoxy) is 1. The summed E-state index contributed by atoms with van der Waals surface area (Å²) < 4.78 is 4.92. The zero-order chi connectivity index (χ0) is 11.8. The Balaban J connectivity index is 4.56. The normalized spacial score (nSPS) is 15.6. The fourth-order valence-corrected chi connectivity index (χ4v) is 1.27. The number of carbonyl (C=O) groups is 1. The SMILES string of the molecule is CC/C=C/[C@H](C(=O)OCC)[C@H](O)C(C)C. The predicted molar refractivity (Wildman–Crippen MR) is 60.4 cm³/mol. The average Bonchev–Trinajstić information content (AvgIpc) is 2.18. The highest BCUT2D eigenvalue weighted by atomic mass is 16.5. The number of rotatable bonds is 6. The number of hydrogen-bond donors (Lipinski definition) is 1. The molecule has 2 atom stereocenters. The molecule has 0 aromatic rings. The Bertz CT molecular complexity index is 209. The number of allylic oxidation sites excluding steroid dienone is 1. The van der Waals surface area contributed by atoms with Gasteiger partial charge in [0.25, 0.3) is 0 Å². The molecule has 0 rings (SSSR count). The molecule has 0 amide bonds. The Morgan fingerprint density at radius 1 is 1.40 bits per heavy atom. The Hall–Kier alpha value is -0.830. The molecule has 0 aliphatic carbocycles. The molecular weight excluding hydrogens is 192 g/mol. The first-order valence-electron chi connectivity index (χ1n) is 5.55. The topological polar surface area (TPSA) is 46.5 Å². The molecule has 0 fully saturated rings. The minimum atomic E-state index is -0.674. The lowest BCUT2D eigenvalue weighted by atomic mass is 9.93. The lowest BCUT2D eigenvalue weighted by Gasteiger charge is -2.21. The van der Waals surface area contributed by atoms with Crippen molar-refractivity contribution in [3.05, 3.63) is 12.2 Å². The number of aliphatic hydroxyl groups is 1. The van der Waals surface area contributed by atoms with Crippen molar-refractivity contribution in [2.45, 2.75) is 40.2 Å². The molecule has 3 heteroatoms. The van der Waals surface area contributed by atoms with Gasteiger partial charge in [0.05, 0.1) is 12.7 Å². The fraction of sp³-hybridized carbons (Fsp3) is 0.750. The molecule has 88 valence electrons. The zero-order valence-corrected chi connectivity index (χ0v) is 10.1. The highest BCUT2D eigenvalue weighted by molar-refractivity contribution is 5.75. The zero-order valence-electron chi connectivity index (χ0n) is 10.1. The summed E-state index contributed by atoms with van der Waals surface area (Å²) in [5, 5.41) is 9.86. The fourth-order valence-electron chi connectivity index (χ4n) is 1.27. The summed E-state index contributed by atoms with van der Waals surface area (Å²) >= 11 is 0. The molecule has 0 bridgehead atoms. The maximum atomic E-state index is 11.6. The molecule has 0 saturated carbocycles. The maximum absolute atomic E-state index is 11.6. The molecule has 0 aliphatic heterocycles. The number of aliphatic hydroxyl groups excluding tert-OH is 1. The first-order valence-corrected chi connectivity index (χ1v) is 5.55. The van der Waals surface area contributed by atoms with Crippen LogP contribution in [0, 0.1) is 11.8 Å². The lowest BCUT2D eigenvalue weighted by molar-refractivity contribution is -0.150. The molecule has 0 saturated heterocycles. The summed E-state index contributed by atoms with van der Waals surface area (Å²) in [7, 11) is 0. The minimum Gasteiger partial charge on any atom is -0.465 e. The lowest BCUT2D eigenvalue weighted by Crippen LogP contribution is -2.32. The van der Waals surface area contributed by atoms with E-state index in [9.17, 15) is 9.90 Å². The molecule has 1 N–H and O–H groups in total. The minimum absolute atomic E-state index is 0.0425. The third kappa shape index (κ3) is 4.98. The molecular formula is C12H22O3. The molecule has 15 heavy (non-hydrogen) atoms. The Labute approximate surface area is 92.1 Å². The summed E-state index contributed by atoms with van der Waals surface area (Å²) in [6.45, 7) is 7.87. The van der Waals surface area contributed by atoms with Crippen molar-refractivity contribution < 1.29 is 14.6 Å². The van der Waals surface area contributed by atoms with E-state index in [1.165, 1.54) is 0 Å². The van der Waals surface area contributed by atoms with Gasteiger partial charge in [-0.15, -0.1) is 0 Å². The average molecular weight is 214 g/mol. The van der Waals surface area contributed by atoms with Gasteiger partial charge < -0.3 is 9.84 Å². The van der Waals surface area contributed by atoms with E-state index in [4.69, 9.17) is 4.74 Å². The second-order valence-corrected chi connectivity index (χ2v) is 3.85. The van der Waals surface area contributed by atoms with Gasteiger partial charge in [0, 0.05) is 0 Å². The summed E-state index contributed by atoms with van der Waals surface area (Å²) in [4.78, 5) is 11.6. The van der Waals surface area contributed by atoms with E-state index in [0.29, 0.717) is 6.61 Å². The van der Waals surface area contributed by atoms with Gasteiger partial charge >= 0.3 is 5.97 Å². The number of hydrogen-bond acceptors (Lipinski definition) is 3. The van der Waals surface area contributed by atoms with Crippen molar-refractivity contribution in [1.29, 1.82) is 0 Å². The van der Waals surface area contributed by atoms with Gasteiger partial charge in [0.15, 0.2) is 0 Å². The second kappa shape index (κ2) is 7.46. The molecule has 0 heterocycles. The van der Waals surface area contributed by atoms with Gasteiger partial charge in [-0.05, 0) is 19.3 Å². The van der Waals surface area contributed by atoms with Crippen molar-refractivity contribution in [3.8, 4) is 0 Å². The third-order valence-corrected chi connectivity index (χ3v) is 2.19. The van der Waals surface area contributed by atoms with Crippen LogP contribution >= 0.6 is 0 Å². The van der Waals surface area contributed by atoms with E-state index >= 15 is 0 Å². The first-order chi connectivity index (χ1) is 7.04. The van der Waals surface area contributed by atoms with Crippen LogP contribution in [0.3, 0.4) is 0 Å². The van der Waals surface area contributed by atoms with E-state index in [0.717, 1.165) is 6.42 Å². The van der Waals surface area contributed by atoms with Crippen LogP contribution in [0.25, 0.3) is 0 Å². The van der Waals surface area contributed by atoms with E-state index in [2.05, 4.69) is 0 Å². The van der Waals surface area contributed by atoms with Gasteiger partial charge in [-0.25, -0.2) is 0 Å². The van der Waals surface area contributed by atoms with Crippen molar-refractivity contribution in [3.63, 3.8) is 0 Å². The van der Waals surface area contributed by atoms with Crippen LogP contribution in [-0.4, -0.2) is 23.8 Å². The van der Waals surface area contributed by atoms with Gasteiger partial charge in [0.2, 0.25) is 0 Å². The van der Waals surface area contributed by atoms with Crippen LogP contribution in [0.2, 0.25) is 0 Å². The van der Waals surface area contributed by atoms with Crippen molar-refractivity contribution in [2.24, 2.45) is 11.8 Å². The van der Waals surface area contributed by atoms with Crippen LogP contribution in [0.15, 0.2) is 12.2 Å². The van der Waals surface area contributed by atoms with E-state index < -0.39 is 12.0 Å². The second-order valence-electron chi connectivity index (χ2n) is 3.85. The standard InChI is InChI=1S/C12H22O3/c1-5-7-8-10(11(13)9(3)4)12(14)15-6-2/h7-11,13H,5-6H2,1-4H3/b8-7+/t10-,11+/m0/s1. The van der Waals surface area contributed by atoms with E-state index in [-0.39, 0.29) is 11.9 Å². The molecule has 0 spiro atoms. The largest absolute Gasteiger partial charge is 0.465 e. The van der Waals surface area contributed by atoms with Crippen molar-refractivity contribution in [2.75, 3.05) is 6.61 Å². The Kier molecular flexibility index (Phi) is 7.05. The smallest absolute Gasteiger partial charge is 0.315 e. The molecule has 0 radical (unpaired) electrons. The number of esters is 1. The third-order valence-electron chi connectivity index (χ3n) is 2.19. The van der Waals surface area contributed by atoms with Crippen molar-refractivity contribution >= 4 is 5.97 Å². The molecule has 0 aromatic carbocycles. The predicted octanol–water partition coefficient (Wildman–Crippen LogP) is 2.15. The van der Waals surface area contributed by atoms with Gasteiger partial charge in [-0.1, -0.05) is 32.9 Å². The van der Waals surface area contributed by atoms with Crippen LogP contribution in [-0.2, 0) is 9.53 Å². The van der Waals surface area contributed by atoms with E-state index in [1.807, 2.05) is 26.8 Å². The van der Waals surface area contributed by atoms with Crippen LogP contribution in [0.4, 0.5) is 0 Å². The summed E-state index contributed by atoms with van der Waals surface area (Å²) in [6, 6.07) is 0. The molecule has 0 aliphatic rings. The van der Waals surface area contributed by atoms with Gasteiger partial charge in [0.1, 0.15) is 5.92 Å². The maximum Gasteiger partial charge on any atom is 0.315 e. The summed E-state index contributed by atoms with van der Waals surface area (Å²) in [5.41, 5.74) is 0. The first kappa shape index (κ1) is 14.2. The monoisotopic (exact) mass is 214 g/mol. The van der Waals surface area contributed by atoms with Crippen LogP contribution in [0.1, 0.15) is 34.1 Å². The highest BCUT2D eigenvalue weighted by Gasteiger charge is 2.27. The van der Waals surface area contributed by atoms with E-state index in [1.54, 1.807) is 13.0 Å². The van der Waals surface area contributed by atoms with Gasteiger partial charge in [-0.3, -0.25) is 4.79 Å². The Morgan fingerprint density at radius 3 is 2.40 bits per heavy atom.